The molecule has 0 bridgehead atoms. The van der Waals surface area contributed by atoms with Gasteiger partial charge in [-0.1, -0.05) is 37.3 Å². The highest BCUT2D eigenvalue weighted by Gasteiger charge is 2.35. The molecule has 0 radical (unpaired) electrons. The van der Waals surface area contributed by atoms with Crippen molar-refractivity contribution in [3.8, 4) is 0 Å². The van der Waals surface area contributed by atoms with E-state index in [1.807, 2.05) is 32.0 Å². The van der Waals surface area contributed by atoms with Gasteiger partial charge < -0.3 is 19.9 Å². The fourth-order valence-electron chi connectivity index (χ4n) is 4.11. The third-order valence-electron chi connectivity index (χ3n) is 6.40. The number of nitrogens with one attached hydrogen (secondary N) is 2. The Morgan fingerprint density at radius 1 is 1.03 bits per heavy atom. The van der Waals surface area contributed by atoms with Crippen LogP contribution in [0.15, 0.2) is 47.5 Å². The molecule has 1 aromatic carbocycles. The summed E-state index contributed by atoms with van der Waals surface area (Å²) in [5.74, 6) is -0.922. The molecular formula is C25H33N3O4. The van der Waals surface area contributed by atoms with E-state index in [0.717, 1.165) is 24.8 Å². The van der Waals surface area contributed by atoms with Crippen molar-refractivity contribution in [3.05, 3.63) is 69.6 Å². The van der Waals surface area contributed by atoms with Crippen LogP contribution in [0.25, 0.3) is 0 Å². The van der Waals surface area contributed by atoms with Gasteiger partial charge in [-0.2, -0.15) is 0 Å². The number of carbonyl (C=O) groups excluding carboxylic acids is 2. The molecule has 1 aromatic heterocycles. The Hall–Kier alpha value is -2.93. The van der Waals surface area contributed by atoms with Crippen LogP contribution in [0.1, 0.15) is 72.4 Å². The Labute approximate surface area is 189 Å². The average Bonchev–Trinajstić information content (AvgIpc) is 2.83. The van der Waals surface area contributed by atoms with Crippen LogP contribution >= 0.6 is 0 Å². The molecule has 3 rings (SSSR count). The third-order valence-corrected chi connectivity index (χ3v) is 6.40. The van der Waals surface area contributed by atoms with Gasteiger partial charge in [0, 0.05) is 50.2 Å². The standard InChI is InChI=1S/C25H33N3O4/c1-4-18(3)28-15-20(23(30)26-5-2)22(29)21(16-28)24(31)27-17-25(11-13-32-14-12-25)19-9-7-6-8-10-19/h6-10,15-16,18H,4-5,11-14,17H2,1-3H3,(H,26,30)(H,27,31)/t18-/m0/s1. The first-order chi connectivity index (χ1) is 15.4. The predicted octanol–water partition coefficient (Wildman–Crippen LogP) is 3.05. The summed E-state index contributed by atoms with van der Waals surface area (Å²) in [5, 5.41) is 5.66. The van der Waals surface area contributed by atoms with Gasteiger partial charge in [-0.15, -0.1) is 0 Å². The van der Waals surface area contributed by atoms with Gasteiger partial charge in [0.1, 0.15) is 11.1 Å². The SMILES string of the molecule is CCNC(=O)c1cn([C@@H](C)CC)cc(C(=O)NCC2(c3ccccc3)CCOCC2)c1=O. The second kappa shape index (κ2) is 10.6. The molecule has 2 heterocycles. The van der Waals surface area contributed by atoms with Crippen molar-refractivity contribution in [1.29, 1.82) is 0 Å². The zero-order chi connectivity index (χ0) is 23.1. The van der Waals surface area contributed by atoms with Gasteiger partial charge in [0.05, 0.1) is 0 Å². The number of carbonyl (C=O) groups is 2. The summed E-state index contributed by atoms with van der Waals surface area (Å²) in [4.78, 5) is 38.7. The quantitative estimate of drug-likeness (QED) is 0.662. The van der Waals surface area contributed by atoms with Gasteiger partial charge in [-0.05, 0) is 38.7 Å². The van der Waals surface area contributed by atoms with E-state index in [-0.39, 0.29) is 22.6 Å². The van der Waals surface area contributed by atoms with Crippen LogP contribution in [-0.2, 0) is 10.2 Å². The number of pyridine rings is 1. The summed E-state index contributed by atoms with van der Waals surface area (Å²) in [5.41, 5.74) is 0.334. The lowest BCUT2D eigenvalue weighted by atomic mass is 9.74. The Bertz CT molecular complexity index is 994. The van der Waals surface area contributed by atoms with Crippen LogP contribution < -0.4 is 16.1 Å². The third kappa shape index (κ3) is 5.10. The van der Waals surface area contributed by atoms with Crippen LogP contribution in [-0.4, -0.2) is 42.7 Å². The highest BCUT2D eigenvalue weighted by molar-refractivity contribution is 5.99. The lowest BCUT2D eigenvalue weighted by molar-refractivity contribution is 0.0487. The molecule has 1 aliphatic heterocycles. The summed E-state index contributed by atoms with van der Waals surface area (Å²) in [6, 6.07) is 10.1. The molecule has 1 saturated heterocycles. The van der Waals surface area contributed by atoms with E-state index < -0.39 is 17.2 Å². The minimum absolute atomic E-state index is 0.00989. The second-order valence-electron chi connectivity index (χ2n) is 8.42. The summed E-state index contributed by atoms with van der Waals surface area (Å²) < 4.78 is 7.35. The Balaban J connectivity index is 1.91. The van der Waals surface area contributed by atoms with Gasteiger partial charge in [-0.25, -0.2) is 0 Å². The van der Waals surface area contributed by atoms with Crippen molar-refractivity contribution in [2.45, 2.75) is 51.5 Å². The van der Waals surface area contributed by atoms with E-state index in [2.05, 4.69) is 22.8 Å². The Kier molecular flexibility index (Phi) is 7.85. The van der Waals surface area contributed by atoms with Crippen molar-refractivity contribution in [2.75, 3.05) is 26.3 Å². The van der Waals surface area contributed by atoms with Crippen molar-refractivity contribution in [3.63, 3.8) is 0 Å². The van der Waals surface area contributed by atoms with Crippen LogP contribution in [0, 0.1) is 0 Å². The molecular weight excluding hydrogens is 406 g/mol. The lowest BCUT2D eigenvalue weighted by Gasteiger charge is -2.38. The minimum Gasteiger partial charge on any atom is -0.381 e. The number of rotatable bonds is 8. The fraction of sp³-hybridized carbons (Fsp3) is 0.480. The van der Waals surface area contributed by atoms with E-state index >= 15 is 0 Å². The van der Waals surface area contributed by atoms with Gasteiger partial charge >= 0.3 is 0 Å². The Morgan fingerprint density at radius 3 is 2.19 bits per heavy atom. The highest BCUT2D eigenvalue weighted by Crippen LogP contribution is 2.34. The number of nitrogens with zero attached hydrogens (tertiary/aromatic N) is 1. The first-order valence-corrected chi connectivity index (χ1v) is 11.4. The van der Waals surface area contributed by atoms with Crippen LogP contribution in [0.5, 0.6) is 0 Å². The molecule has 7 nitrogen and oxygen atoms in total. The van der Waals surface area contributed by atoms with E-state index in [1.54, 1.807) is 23.9 Å². The molecule has 1 fully saturated rings. The molecule has 0 saturated carbocycles. The van der Waals surface area contributed by atoms with E-state index in [1.165, 1.54) is 0 Å². The fourth-order valence-corrected chi connectivity index (χ4v) is 4.11. The number of hydrogen-bond donors (Lipinski definition) is 2. The van der Waals surface area contributed by atoms with E-state index in [4.69, 9.17) is 4.74 Å². The van der Waals surface area contributed by atoms with Crippen molar-refractivity contribution in [1.82, 2.24) is 15.2 Å². The molecule has 0 unspecified atom stereocenters. The van der Waals surface area contributed by atoms with Gasteiger partial charge in [0.2, 0.25) is 5.43 Å². The zero-order valence-electron chi connectivity index (χ0n) is 19.1. The Morgan fingerprint density at radius 2 is 1.62 bits per heavy atom. The first-order valence-electron chi connectivity index (χ1n) is 11.4. The summed E-state index contributed by atoms with van der Waals surface area (Å²) in [6.07, 6.45) is 5.48. The molecule has 2 aromatic rings. The maximum absolute atomic E-state index is 13.2. The van der Waals surface area contributed by atoms with Crippen molar-refractivity contribution in [2.24, 2.45) is 0 Å². The van der Waals surface area contributed by atoms with Crippen LogP contribution in [0.4, 0.5) is 0 Å². The molecule has 1 atom stereocenters. The molecule has 0 aliphatic carbocycles. The lowest BCUT2D eigenvalue weighted by Crippen LogP contribution is -2.45. The summed E-state index contributed by atoms with van der Waals surface area (Å²) >= 11 is 0. The minimum atomic E-state index is -0.547. The van der Waals surface area contributed by atoms with E-state index in [0.29, 0.717) is 26.3 Å². The van der Waals surface area contributed by atoms with E-state index in [9.17, 15) is 14.4 Å². The molecule has 7 heteroatoms. The van der Waals surface area contributed by atoms with Crippen molar-refractivity contribution < 1.29 is 14.3 Å². The normalized spacial score (nSPS) is 16.2. The predicted molar refractivity (Wildman–Crippen MR) is 124 cm³/mol. The monoisotopic (exact) mass is 439 g/mol. The molecule has 2 N–H and O–H groups in total. The number of hydrogen-bond acceptors (Lipinski definition) is 4. The van der Waals surface area contributed by atoms with Crippen LogP contribution in [0.2, 0.25) is 0 Å². The second-order valence-corrected chi connectivity index (χ2v) is 8.42. The largest absolute Gasteiger partial charge is 0.381 e. The highest BCUT2D eigenvalue weighted by atomic mass is 16.5. The maximum atomic E-state index is 13.2. The summed E-state index contributed by atoms with van der Waals surface area (Å²) in [7, 11) is 0. The number of aromatic nitrogens is 1. The van der Waals surface area contributed by atoms with Gasteiger partial charge in [-0.3, -0.25) is 14.4 Å². The smallest absolute Gasteiger partial charge is 0.256 e. The first kappa shape index (κ1) is 23.7. The number of ether oxygens (including phenoxy) is 1. The number of amides is 2. The summed E-state index contributed by atoms with van der Waals surface area (Å²) in [6.45, 7) is 7.84. The topological polar surface area (TPSA) is 89.4 Å². The maximum Gasteiger partial charge on any atom is 0.256 e. The van der Waals surface area contributed by atoms with Crippen LogP contribution in [0.3, 0.4) is 0 Å². The average molecular weight is 440 g/mol. The van der Waals surface area contributed by atoms with Gasteiger partial charge in [0.25, 0.3) is 11.8 Å². The molecule has 1 aliphatic rings. The molecule has 0 spiro atoms. The zero-order valence-corrected chi connectivity index (χ0v) is 19.1. The molecule has 2 amide bonds. The number of benzene rings is 1. The molecule has 32 heavy (non-hydrogen) atoms. The van der Waals surface area contributed by atoms with Gasteiger partial charge in [0.15, 0.2) is 0 Å². The van der Waals surface area contributed by atoms with Crippen molar-refractivity contribution >= 4 is 11.8 Å². The molecule has 172 valence electrons.